The molecule has 0 saturated carbocycles. The molecule has 0 amide bonds. The average molecular weight is 294 g/mol. The van der Waals surface area contributed by atoms with E-state index in [0.717, 1.165) is 22.4 Å². The van der Waals surface area contributed by atoms with Crippen molar-refractivity contribution in [2.45, 2.75) is 26.2 Å². The van der Waals surface area contributed by atoms with Crippen molar-refractivity contribution in [1.82, 2.24) is 0 Å². The third-order valence-electron chi connectivity index (χ3n) is 4.10. The SMILES string of the molecule is CC(C)c1ccc(-c2cc(NO)c(C#N)c3c2OCC3)cc1. The molecule has 2 aromatic rings. The molecule has 2 N–H and O–H groups in total. The quantitative estimate of drug-likeness (QED) is 0.837. The van der Waals surface area contributed by atoms with Gasteiger partial charge in [0.2, 0.25) is 0 Å². The number of benzene rings is 2. The van der Waals surface area contributed by atoms with E-state index >= 15 is 0 Å². The molecule has 2 aromatic carbocycles. The molecule has 0 saturated heterocycles. The fourth-order valence-electron chi connectivity index (χ4n) is 2.86. The Morgan fingerprint density at radius 2 is 2.00 bits per heavy atom. The number of nitriles is 1. The maximum absolute atomic E-state index is 9.33. The first kappa shape index (κ1) is 14.4. The zero-order chi connectivity index (χ0) is 15.7. The Morgan fingerprint density at radius 3 is 2.59 bits per heavy atom. The van der Waals surface area contributed by atoms with Gasteiger partial charge in [-0.25, -0.2) is 0 Å². The first-order chi connectivity index (χ1) is 10.7. The van der Waals surface area contributed by atoms with Crippen molar-refractivity contribution in [3.63, 3.8) is 0 Å². The van der Waals surface area contributed by atoms with Gasteiger partial charge in [-0.1, -0.05) is 38.1 Å². The van der Waals surface area contributed by atoms with E-state index in [2.05, 4.69) is 49.7 Å². The summed E-state index contributed by atoms with van der Waals surface area (Å²) in [6.45, 7) is 4.88. The minimum atomic E-state index is 0.426. The molecule has 3 rings (SSSR count). The molecule has 0 spiro atoms. The van der Waals surface area contributed by atoms with E-state index in [9.17, 15) is 10.5 Å². The molecule has 4 nitrogen and oxygen atoms in total. The van der Waals surface area contributed by atoms with Crippen LogP contribution in [0.1, 0.15) is 36.5 Å². The molecule has 112 valence electrons. The molecule has 0 atom stereocenters. The molecule has 4 heteroatoms. The maximum atomic E-state index is 9.33. The number of anilines is 1. The summed E-state index contributed by atoms with van der Waals surface area (Å²) in [5.41, 5.74) is 7.08. The van der Waals surface area contributed by atoms with Crippen LogP contribution in [0.2, 0.25) is 0 Å². The topological polar surface area (TPSA) is 65.3 Å². The zero-order valence-corrected chi connectivity index (χ0v) is 12.7. The Bertz CT molecular complexity index is 743. The molecule has 0 bridgehead atoms. The van der Waals surface area contributed by atoms with Crippen LogP contribution in [-0.2, 0) is 6.42 Å². The van der Waals surface area contributed by atoms with E-state index in [1.165, 1.54) is 5.56 Å². The van der Waals surface area contributed by atoms with Crippen LogP contribution in [0.15, 0.2) is 30.3 Å². The van der Waals surface area contributed by atoms with Gasteiger partial charge in [-0.05, 0) is 23.1 Å². The summed E-state index contributed by atoms with van der Waals surface area (Å²) in [7, 11) is 0. The predicted octanol–water partition coefficient (Wildman–Crippen LogP) is 4.08. The van der Waals surface area contributed by atoms with E-state index in [0.29, 0.717) is 30.2 Å². The smallest absolute Gasteiger partial charge is 0.131 e. The van der Waals surface area contributed by atoms with Crippen molar-refractivity contribution in [1.29, 1.82) is 5.26 Å². The largest absolute Gasteiger partial charge is 0.492 e. The van der Waals surface area contributed by atoms with Crippen LogP contribution in [0.5, 0.6) is 5.75 Å². The Balaban J connectivity index is 2.15. The van der Waals surface area contributed by atoms with Crippen molar-refractivity contribution >= 4 is 5.69 Å². The number of nitrogens with one attached hydrogen (secondary N) is 1. The van der Waals surface area contributed by atoms with E-state index in [1.807, 2.05) is 0 Å². The lowest BCUT2D eigenvalue weighted by molar-refractivity contribution is 0.358. The number of rotatable bonds is 3. The second-order valence-electron chi connectivity index (χ2n) is 5.75. The van der Waals surface area contributed by atoms with Gasteiger partial charge in [0.1, 0.15) is 11.8 Å². The standard InChI is InChI=1S/C18H18N2O2/c1-11(2)12-3-5-13(6-4-12)15-9-17(20-21)16(10-19)14-7-8-22-18(14)15/h3-6,9,11,20-21H,7-8H2,1-2H3. The molecular weight excluding hydrogens is 276 g/mol. The van der Waals surface area contributed by atoms with Crippen molar-refractivity contribution in [3.8, 4) is 22.9 Å². The summed E-state index contributed by atoms with van der Waals surface area (Å²) in [5, 5.41) is 18.6. The van der Waals surface area contributed by atoms with Crippen LogP contribution < -0.4 is 10.2 Å². The molecule has 1 heterocycles. The van der Waals surface area contributed by atoms with Gasteiger partial charge in [-0.15, -0.1) is 0 Å². The van der Waals surface area contributed by atoms with E-state index in [4.69, 9.17) is 4.74 Å². The summed E-state index contributed by atoms with van der Waals surface area (Å²) in [4.78, 5) is 0. The van der Waals surface area contributed by atoms with Crippen LogP contribution in [-0.4, -0.2) is 11.8 Å². The van der Waals surface area contributed by atoms with Crippen molar-refractivity contribution < 1.29 is 9.94 Å². The predicted molar refractivity (Wildman–Crippen MR) is 85.3 cm³/mol. The Kier molecular flexibility index (Phi) is 3.74. The highest BCUT2D eigenvalue weighted by molar-refractivity contribution is 5.81. The maximum Gasteiger partial charge on any atom is 0.131 e. The van der Waals surface area contributed by atoms with Crippen LogP contribution in [0, 0.1) is 11.3 Å². The van der Waals surface area contributed by atoms with Crippen LogP contribution in [0.4, 0.5) is 5.69 Å². The molecule has 0 unspecified atom stereocenters. The molecule has 0 aliphatic carbocycles. The normalized spacial score (nSPS) is 12.7. The van der Waals surface area contributed by atoms with E-state index in [-0.39, 0.29) is 0 Å². The fraction of sp³-hybridized carbons (Fsp3) is 0.278. The average Bonchev–Trinajstić information content (AvgIpc) is 3.02. The highest BCUT2D eigenvalue weighted by Gasteiger charge is 2.24. The Morgan fingerprint density at radius 1 is 1.27 bits per heavy atom. The van der Waals surface area contributed by atoms with Gasteiger partial charge in [-0.2, -0.15) is 5.26 Å². The van der Waals surface area contributed by atoms with Crippen LogP contribution in [0.3, 0.4) is 0 Å². The summed E-state index contributed by atoms with van der Waals surface area (Å²) >= 11 is 0. The Labute approximate surface area is 129 Å². The minimum Gasteiger partial charge on any atom is -0.492 e. The first-order valence-corrected chi connectivity index (χ1v) is 7.39. The van der Waals surface area contributed by atoms with Gasteiger partial charge in [0.15, 0.2) is 0 Å². The number of fused-ring (bicyclic) bond motifs is 1. The summed E-state index contributed by atoms with van der Waals surface area (Å²) in [6, 6.07) is 12.2. The zero-order valence-electron chi connectivity index (χ0n) is 12.7. The number of hydrogen-bond donors (Lipinski definition) is 2. The third kappa shape index (κ3) is 2.30. The summed E-state index contributed by atoms with van der Waals surface area (Å²) in [6.07, 6.45) is 0.685. The van der Waals surface area contributed by atoms with Gasteiger partial charge in [0, 0.05) is 17.5 Å². The first-order valence-electron chi connectivity index (χ1n) is 7.39. The van der Waals surface area contributed by atoms with Gasteiger partial charge < -0.3 is 4.74 Å². The molecular formula is C18H18N2O2. The molecule has 0 radical (unpaired) electrons. The van der Waals surface area contributed by atoms with Crippen molar-refractivity contribution in [3.05, 3.63) is 47.0 Å². The van der Waals surface area contributed by atoms with Gasteiger partial charge in [-0.3, -0.25) is 10.7 Å². The number of hydrogen-bond acceptors (Lipinski definition) is 4. The number of ether oxygens (including phenoxy) is 1. The molecule has 0 fully saturated rings. The van der Waals surface area contributed by atoms with Crippen molar-refractivity contribution in [2.75, 3.05) is 12.1 Å². The summed E-state index contributed by atoms with van der Waals surface area (Å²) < 4.78 is 5.74. The van der Waals surface area contributed by atoms with Crippen LogP contribution in [0.25, 0.3) is 11.1 Å². The minimum absolute atomic E-state index is 0.426. The highest BCUT2D eigenvalue weighted by atomic mass is 16.5. The lowest BCUT2D eigenvalue weighted by Gasteiger charge is -2.14. The molecule has 0 aromatic heterocycles. The lowest BCUT2D eigenvalue weighted by atomic mass is 9.94. The number of nitrogens with zero attached hydrogens (tertiary/aromatic N) is 1. The second-order valence-corrected chi connectivity index (χ2v) is 5.75. The highest BCUT2D eigenvalue weighted by Crippen LogP contribution is 2.42. The monoisotopic (exact) mass is 294 g/mol. The second kappa shape index (κ2) is 5.70. The molecule has 22 heavy (non-hydrogen) atoms. The van der Waals surface area contributed by atoms with E-state index in [1.54, 1.807) is 6.07 Å². The summed E-state index contributed by atoms with van der Waals surface area (Å²) in [5.74, 6) is 1.24. The Hall–Kier alpha value is -2.51. The molecule has 1 aliphatic heterocycles. The lowest BCUT2D eigenvalue weighted by Crippen LogP contribution is -1.98. The fourth-order valence-corrected chi connectivity index (χ4v) is 2.86. The van der Waals surface area contributed by atoms with Crippen molar-refractivity contribution in [2.24, 2.45) is 0 Å². The van der Waals surface area contributed by atoms with E-state index < -0.39 is 0 Å². The van der Waals surface area contributed by atoms with Gasteiger partial charge in [0.05, 0.1) is 17.9 Å². The van der Waals surface area contributed by atoms with Gasteiger partial charge >= 0.3 is 0 Å². The molecule has 1 aliphatic rings. The third-order valence-corrected chi connectivity index (χ3v) is 4.10. The van der Waals surface area contributed by atoms with Gasteiger partial charge in [0.25, 0.3) is 0 Å². The van der Waals surface area contributed by atoms with Crippen LogP contribution >= 0.6 is 0 Å².